The van der Waals surface area contributed by atoms with E-state index in [1.54, 1.807) is 12.1 Å². The van der Waals surface area contributed by atoms with E-state index in [2.05, 4.69) is 12.6 Å². The Labute approximate surface area is 81.4 Å². The lowest BCUT2D eigenvalue weighted by molar-refractivity contribution is -0.136. The van der Waals surface area contributed by atoms with E-state index in [1.165, 1.54) is 6.07 Å². The first kappa shape index (κ1) is 9.92. The van der Waals surface area contributed by atoms with Crippen molar-refractivity contribution < 1.29 is 15.0 Å². The Kier molecular flexibility index (Phi) is 3.19. The fourth-order valence-corrected chi connectivity index (χ4v) is 1.24. The van der Waals surface area contributed by atoms with Gasteiger partial charge in [-0.1, -0.05) is 0 Å². The van der Waals surface area contributed by atoms with Crippen LogP contribution in [-0.4, -0.2) is 16.2 Å². The molecule has 0 saturated heterocycles. The first-order valence-electron chi connectivity index (χ1n) is 3.82. The number of hydrogen-bond acceptors (Lipinski definition) is 3. The molecule has 0 fully saturated rings. The number of phenolic OH excluding ortho intramolecular Hbond substituents is 1. The fourth-order valence-electron chi connectivity index (χ4n) is 1.01. The number of carboxylic acid groups (broad SMARTS) is 1. The summed E-state index contributed by atoms with van der Waals surface area (Å²) in [6.07, 6.45) is 0.348. The minimum Gasteiger partial charge on any atom is -0.508 e. The smallest absolute Gasteiger partial charge is 0.303 e. The van der Waals surface area contributed by atoms with Gasteiger partial charge in [-0.25, -0.2) is 0 Å². The summed E-state index contributed by atoms with van der Waals surface area (Å²) in [7, 11) is 0. The molecule has 4 heteroatoms. The quantitative estimate of drug-likeness (QED) is 0.648. The number of aliphatic carboxylic acids is 1. The van der Waals surface area contributed by atoms with Gasteiger partial charge in [-0.05, 0) is 30.2 Å². The van der Waals surface area contributed by atoms with Crippen LogP contribution in [0.4, 0.5) is 0 Å². The van der Waals surface area contributed by atoms with Gasteiger partial charge in [-0.3, -0.25) is 4.79 Å². The summed E-state index contributed by atoms with van der Waals surface area (Å²) in [5, 5.41) is 17.8. The normalized spacial score (nSPS) is 9.92. The fraction of sp³-hybridized carbons (Fsp3) is 0.222. The average Bonchev–Trinajstić information content (AvgIpc) is 2.06. The summed E-state index contributed by atoms with van der Waals surface area (Å²) in [4.78, 5) is 11.0. The van der Waals surface area contributed by atoms with E-state index in [0.717, 1.165) is 4.90 Å². The third-order valence-corrected chi connectivity index (χ3v) is 1.95. The van der Waals surface area contributed by atoms with Crippen molar-refractivity contribution in [2.45, 2.75) is 17.7 Å². The molecule has 1 aromatic rings. The second kappa shape index (κ2) is 4.18. The van der Waals surface area contributed by atoms with Crippen molar-refractivity contribution in [3.8, 4) is 5.75 Å². The highest BCUT2D eigenvalue weighted by Crippen LogP contribution is 2.21. The van der Waals surface area contributed by atoms with Crippen molar-refractivity contribution in [3.05, 3.63) is 23.8 Å². The molecular formula is C9H10O3S. The molecule has 1 rings (SSSR count). The molecule has 70 valence electrons. The van der Waals surface area contributed by atoms with Crippen molar-refractivity contribution >= 4 is 18.6 Å². The Hall–Kier alpha value is -1.16. The van der Waals surface area contributed by atoms with Crippen LogP contribution in [0.5, 0.6) is 5.75 Å². The van der Waals surface area contributed by atoms with Gasteiger partial charge in [-0.15, -0.1) is 12.6 Å². The zero-order chi connectivity index (χ0) is 9.84. The SMILES string of the molecule is O=C(O)CCc1cc(S)ccc1O. The molecule has 2 N–H and O–H groups in total. The third-order valence-electron chi connectivity index (χ3n) is 1.67. The van der Waals surface area contributed by atoms with E-state index in [1.807, 2.05) is 0 Å². The molecule has 0 radical (unpaired) electrons. The lowest BCUT2D eigenvalue weighted by atomic mass is 10.1. The van der Waals surface area contributed by atoms with E-state index >= 15 is 0 Å². The van der Waals surface area contributed by atoms with E-state index in [4.69, 9.17) is 5.11 Å². The number of thiol groups is 1. The molecule has 1 aromatic carbocycles. The first-order chi connectivity index (χ1) is 6.09. The molecular weight excluding hydrogens is 188 g/mol. The Balaban J connectivity index is 2.75. The summed E-state index contributed by atoms with van der Waals surface area (Å²) in [6, 6.07) is 4.84. The Morgan fingerprint density at radius 2 is 2.15 bits per heavy atom. The summed E-state index contributed by atoms with van der Waals surface area (Å²) >= 11 is 4.09. The van der Waals surface area contributed by atoms with Gasteiger partial charge in [0.1, 0.15) is 5.75 Å². The Morgan fingerprint density at radius 1 is 1.46 bits per heavy atom. The zero-order valence-corrected chi connectivity index (χ0v) is 7.79. The highest BCUT2D eigenvalue weighted by Gasteiger charge is 2.04. The molecule has 3 nitrogen and oxygen atoms in total. The maximum Gasteiger partial charge on any atom is 0.303 e. The summed E-state index contributed by atoms with van der Waals surface area (Å²) in [5.41, 5.74) is 0.620. The zero-order valence-electron chi connectivity index (χ0n) is 6.90. The van der Waals surface area contributed by atoms with Gasteiger partial charge >= 0.3 is 5.97 Å². The van der Waals surface area contributed by atoms with E-state index in [9.17, 15) is 9.90 Å². The Bertz CT molecular complexity index is 323. The molecule has 0 unspecified atom stereocenters. The molecule has 13 heavy (non-hydrogen) atoms. The first-order valence-corrected chi connectivity index (χ1v) is 4.27. The number of benzene rings is 1. The average molecular weight is 198 g/mol. The van der Waals surface area contributed by atoms with Gasteiger partial charge in [0.2, 0.25) is 0 Å². The summed E-state index contributed by atoms with van der Waals surface area (Å²) in [6.45, 7) is 0. The molecule has 0 spiro atoms. The van der Waals surface area contributed by atoms with Crippen LogP contribution in [-0.2, 0) is 11.2 Å². The monoisotopic (exact) mass is 198 g/mol. The van der Waals surface area contributed by atoms with Gasteiger partial charge in [0, 0.05) is 11.3 Å². The van der Waals surface area contributed by atoms with Crippen LogP contribution in [0.2, 0.25) is 0 Å². The number of hydrogen-bond donors (Lipinski definition) is 3. The minimum atomic E-state index is -0.871. The second-order valence-electron chi connectivity index (χ2n) is 2.71. The maximum absolute atomic E-state index is 10.3. The molecule has 0 aliphatic rings. The predicted octanol–water partition coefficient (Wildman–Crippen LogP) is 1.70. The van der Waals surface area contributed by atoms with Gasteiger partial charge in [0.25, 0.3) is 0 Å². The molecule has 0 heterocycles. The summed E-state index contributed by atoms with van der Waals surface area (Å²) in [5.74, 6) is -0.747. The summed E-state index contributed by atoms with van der Waals surface area (Å²) < 4.78 is 0. The highest BCUT2D eigenvalue weighted by atomic mass is 32.1. The maximum atomic E-state index is 10.3. The molecule has 0 atom stereocenters. The van der Waals surface area contributed by atoms with Crippen LogP contribution in [0.15, 0.2) is 23.1 Å². The minimum absolute atomic E-state index is 0.0186. The standard InChI is InChI=1S/C9H10O3S/c10-8-3-2-7(13)5-6(8)1-4-9(11)12/h2-3,5,10,13H,1,4H2,(H,11,12). The third kappa shape index (κ3) is 2.99. The van der Waals surface area contributed by atoms with Crippen LogP contribution in [0.1, 0.15) is 12.0 Å². The van der Waals surface area contributed by atoms with Gasteiger partial charge in [-0.2, -0.15) is 0 Å². The number of carboxylic acids is 1. The topological polar surface area (TPSA) is 57.5 Å². The van der Waals surface area contributed by atoms with Crippen LogP contribution >= 0.6 is 12.6 Å². The molecule has 0 aliphatic heterocycles. The van der Waals surface area contributed by atoms with Crippen molar-refractivity contribution in [3.63, 3.8) is 0 Å². The molecule has 0 aromatic heterocycles. The lowest BCUT2D eigenvalue weighted by Crippen LogP contribution is -1.97. The predicted molar refractivity (Wildman–Crippen MR) is 51.3 cm³/mol. The van der Waals surface area contributed by atoms with E-state index in [0.29, 0.717) is 12.0 Å². The number of rotatable bonds is 3. The van der Waals surface area contributed by atoms with Gasteiger partial charge in [0.05, 0.1) is 0 Å². The molecule has 0 bridgehead atoms. The van der Waals surface area contributed by atoms with E-state index in [-0.39, 0.29) is 12.2 Å². The molecule has 0 amide bonds. The second-order valence-corrected chi connectivity index (χ2v) is 3.22. The molecule has 0 saturated carbocycles. The largest absolute Gasteiger partial charge is 0.508 e. The Morgan fingerprint density at radius 3 is 2.77 bits per heavy atom. The van der Waals surface area contributed by atoms with Crippen LogP contribution < -0.4 is 0 Å². The van der Waals surface area contributed by atoms with Crippen molar-refractivity contribution in [1.82, 2.24) is 0 Å². The van der Waals surface area contributed by atoms with Gasteiger partial charge in [0.15, 0.2) is 0 Å². The number of aryl methyl sites for hydroxylation is 1. The van der Waals surface area contributed by atoms with E-state index < -0.39 is 5.97 Å². The molecule has 0 aliphatic carbocycles. The number of aromatic hydroxyl groups is 1. The number of phenols is 1. The van der Waals surface area contributed by atoms with Crippen molar-refractivity contribution in [2.24, 2.45) is 0 Å². The van der Waals surface area contributed by atoms with Crippen LogP contribution in [0, 0.1) is 0 Å². The number of carbonyl (C=O) groups is 1. The van der Waals surface area contributed by atoms with Gasteiger partial charge < -0.3 is 10.2 Å². The van der Waals surface area contributed by atoms with Crippen molar-refractivity contribution in [1.29, 1.82) is 0 Å². The van der Waals surface area contributed by atoms with Crippen LogP contribution in [0.25, 0.3) is 0 Å². The highest BCUT2D eigenvalue weighted by molar-refractivity contribution is 7.80. The van der Waals surface area contributed by atoms with Crippen molar-refractivity contribution in [2.75, 3.05) is 0 Å². The van der Waals surface area contributed by atoms with Crippen LogP contribution in [0.3, 0.4) is 0 Å². The lowest BCUT2D eigenvalue weighted by Gasteiger charge is -2.02.